The van der Waals surface area contributed by atoms with Gasteiger partial charge in [-0.15, -0.1) is 0 Å². The summed E-state index contributed by atoms with van der Waals surface area (Å²) in [6.45, 7) is 0.392. The lowest BCUT2D eigenvalue weighted by molar-refractivity contribution is -0.402. The predicted molar refractivity (Wildman–Crippen MR) is 259 cm³/mol. The molecule has 27 atom stereocenters. The number of rotatable bonds is 20. The largest absolute Gasteiger partial charge is 0.382 e. The molecule has 0 radical (unpaired) electrons. The molecule has 12 bridgehead atoms. The average molecular weight is 1120 g/mol. The minimum Gasteiger partial charge on any atom is -0.382 e. The maximum Gasteiger partial charge on any atom is 0.187 e. The maximum absolute atomic E-state index is 6.95. The van der Waals surface area contributed by atoms with Gasteiger partial charge in [0.15, 0.2) is 37.7 Å². The predicted octanol–water partition coefficient (Wildman–Crippen LogP) is -0.546. The fraction of sp³-hybridized carbons (Fsp3) is 1.00. The lowest BCUT2D eigenvalue weighted by Crippen LogP contribution is -2.69. The summed E-state index contributed by atoms with van der Waals surface area (Å²) >= 11 is 0. The van der Waals surface area contributed by atoms with Crippen molar-refractivity contribution in [1.82, 2.24) is 0 Å². The topological polar surface area (TPSA) is 249 Å². The van der Waals surface area contributed by atoms with Crippen LogP contribution in [-0.2, 0) is 128 Å². The summed E-state index contributed by atoms with van der Waals surface area (Å²) in [6, 6.07) is 0. The van der Waals surface area contributed by atoms with Crippen molar-refractivity contribution in [2.45, 2.75) is 179 Å². The second kappa shape index (κ2) is 31.0. The Bertz CT molecular complexity index is 1660. The Hall–Kier alpha value is -1.08. The van der Waals surface area contributed by atoms with Gasteiger partial charge >= 0.3 is 0 Å². The zero-order valence-electron chi connectivity index (χ0n) is 47.3. The summed E-state index contributed by atoms with van der Waals surface area (Å²) in [7, 11) is 23.1. The second-order valence-corrected chi connectivity index (χ2v) is 19.6. The van der Waals surface area contributed by atoms with Crippen LogP contribution in [0.25, 0.3) is 0 Å². The third-order valence-electron chi connectivity index (χ3n) is 15.3. The van der Waals surface area contributed by atoms with Crippen molar-refractivity contribution >= 4 is 0 Å². The van der Waals surface area contributed by atoms with E-state index in [9.17, 15) is 0 Å². The molecule has 0 saturated carbocycles. The van der Waals surface area contributed by atoms with Gasteiger partial charge in [-0.3, -0.25) is 0 Å². The van der Waals surface area contributed by atoms with Crippen LogP contribution in [0.1, 0.15) is 12.8 Å². The molecular weight excluding hydrogens is 1030 g/mol. The van der Waals surface area contributed by atoms with Crippen molar-refractivity contribution < 1.29 is 128 Å². The Morgan fingerprint density at radius 2 is 0.494 bits per heavy atom. The molecule has 0 aliphatic carbocycles. The molecule has 22 saturated heterocycles. The minimum absolute atomic E-state index is 0.0131. The lowest BCUT2D eigenvalue weighted by atomic mass is 9.94. The Balaban J connectivity index is 1.28. The van der Waals surface area contributed by atoms with Gasteiger partial charge in [0, 0.05) is 113 Å². The fourth-order valence-corrected chi connectivity index (χ4v) is 11.7. The molecule has 0 unspecified atom stereocenters. The van der Waals surface area contributed by atoms with E-state index in [-0.39, 0.29) is 39.6 Å². The Morgan fingerprint density at radius 3 is 0.701 bits per heavy atom. The van der Waals surface area contributed by atoms with Crippen LogP contribution in [0.3, 0.4) is 0 Å². The van der Waals surface area contributed by atoms with E-state index in [2.05, 4.69) is 0 Å². The molecule has 27 heteroatoms. The molecule has 0 N–H and O–H groups in total. The van der Waals surface area contributed by atoms with Crippen LogP contribution in [-0.4, -0.2) is 312 Å². The first-order valence-electron chi connectivity index (χ1n) is 26.1. The van der Waals surface area contributed by atoms with Crippen LogP contribution in [0.4, 0.5) is 0 Å². The number of hydrogen-bond donors (Lipinski definition) is 0. The fourth-order valence-electron chi connectivity index (χ4n) is 11.7. The molecule has 0 aromatic rings. The summed E-state index contributed by atoms with van der Waals surface area (Å²) in [5.74, 6) is 0. The van der Waals surface area contributed by atoms with E-state index >= 15 is 0 Å². The molecule has 450 valence electrons. The third-order valence-corrected chi connectivity index (χ3v) is 15.3. The molecule has 0 aromatic carbocycles. The monoisotopic (exact) mass is 1120 g/mol. The minimum atomic E-state index is -1.15. The molecular formula is C50H88O27. The Morgan fingerprint density at radius 1 is 0.260 bits per heavy atom. The number of methoxy groups -OCH3 is 15. The molecule has 0 spiro atoms. The van der Waals surface area contributed by atoms with E-state index in [0.717, 1.165) is 0 Å². The van der Waals surface area contributed by atoms with Crippen LogP contribution in [0.5, 0.6) is 0 Å². The summed E-state index contributed by atoms with van der Waals surface area (Å²) in [4.78, 5) is 0. The highest BCUT2D eigenvalue weighted by Crippen LogP contribution is 2.41. The van der Waals surface area contributed by atoms with E-state index in [0.29, 0.717) is 12.8 Å². The first kappa shape index (κ1) is 63.5. The van der Waals surface area contributed by atoms with Crippen LogP contribution < -0.4 is 0 Å². The van der Waals surface area contributed by atoms with Gasteiger partial charge in [0.05, 0.1) is 45.7 Å². The van der Waals surface area contributed by atoms with Crippen molar-refractivity contribution in [2.75, 3.05) is 146 Å². The van der Waals surface area contributed by atoms with Gasteiger partial charge < -0.3 is 128 Å². The van der Waals surface area contributed by atoms with Crippen molar-refractivity contribution in [3.63, 3.8) is 0 Å². The number of hydrogen-bond acceptors (Lipinski definition) is 27. The van der Waals surface area contributed by atoms with E-state index in [1.54, 1.807) is 56.9 Å². The lowest BCUT2D eigenvalue weighted by Gasteiger charge is -2.52. The van der Waals surface area contributed by atoms with Crippen molar-refractivity contribution in [2.24, 2.45) is 0 Å². The van der Waals surface area contributed by atoms with Crippen molar-refractivity contribution in [3.8, 4) is 0 Å². The average Bonchev–Trinajstić information content (AvgIpc) is 3.44. The normalized spacial score (nSPS) is 46.2. The molecule has 27 nitrogen and oxygen atoms in total. The van der Waals surface area contributed by atoms with E-state index in [1.165, 1.54) is 49.8 Å². The van der Waals surface area contributed by atoms with Crippen LogP contribution in [0.15, 0.2) is 0 Å². The molecule has 0 amide bonds. The van der Waals surface area contributed by atoms with Gasteiger partial charge in [-0.1, -0.05) is 0 Å². The zero-order chi connectivity index (χ0) is 55.3. The van der Waals surface area contributed by atoms with E-state index in [1.807, 2.05) is 0 Å². The van der Waals surface area contributed by atoms with Crippen molar-refractivity contribution in [1.29, 1.82) is 0 Å². The summed E-state index contributed by atoms with van der Waals surface area (Å²) in [6.07, 6.45) is -22.7. The van der Waals surface area contributed by atoms with Gasteiger partial charge in [0.1, 0.15) is 122 Å². The Labute approximate surface area is 452 Å². The van der Waals surface area contributed by atoms with Crippen LogP contribution in [0, 0.1) is 0 Å². The maximum atomic E-state index is 6.95. The van der Waals surface area contributed by atoms with Gasteiger partial charge in [-0.05, 0) is 6.42 Å². The molecule has 22 aliphatic rings. The standard InChI is InChI=1S/C50H88O27/c1-51-19-25-31-36(56-6)42(62-12)47(69-25)75-33-27(21-53-3)71-49(44(64-14)38(33)58-8)77-35-29(23-55-5)72-50(45(65-15)40(35)60-10)76-34-28(22-54-4)70-48(43(63-13)39(34)59-9)74-32-26(20-52-2)68-46(41(61-11)37(32)57-7)67-24-16-17-30(73-31)66-18-24/h24-50H,16-23H2,1-15H3/t24-,25+,26+,27+,28+,29+,30+,31+,32+,33+,34+,35+,36-,37-,38-,39-,40-,41+,42+,43+,44+,45+,46-,47+,48+,49+,50+/m0/s1. The Kier molecular flexibility index (Phi) is 25.6. The zero-order valence-corrected chi connectivity index (χ0v) is 47.3. The molecule has 22 fully saturated rings. The van der Waals surface area contributed by atoms with Gasteiger partial charge in [0.25, 0.3) is 0 Å². The summed E-state index contributed by atoms with van der Waals surface area (Å²) in [5.41, 5.74) is 0. The molecule has 22 heterocycles. The van der Waals surface area contributed by atoms with Gasteiger partial charge in [-0.2, -0.15) is 0 Å². The highest BCUT2D eigenvalue weighted by molar-refractivity contribution is 5.02. The first-order chi connectivity index (χ1) is 37.5. The highest BCUT2D eigenvalue weighted by Gasteiger charge is 2.59. The molecule has 0 aromatic heterocycles. The van der Waals surface area contributed by atoms with Crippen molar-refractivity contribution in [3.05, 3.63) is 0 Å². The first-order valence-corrected chi connectivity index (χ1v) is 26.1. The second-order valence-electron chi connectivity index (χ2n) is 19.6. The number of ether oxygens (including phenoxy) is 27. The summed E-state index contributed by atoms with van der Waals surface area (Å²) < 4.78 is 172. The molecule has 22 aliphatic heterocycles. The molecule has 77 heavy (non-hydrogen) atoms. The van der Waals surface area contributed by atoms with E-state index in [4.69, 9.17) is 128 Å². The third kappa shape index (κ3) is 14.1. The smallest absolute Gasteiger partial charge is 0.187 e. The van der Waals surface area contributed by atoms with Crippen LogP contribution >= 0.6 is 0 Å². The van der Waals surface area contributed by atoms with Crippen LogP contribution in [0.2, 0.25) is 0 Å². The highest BCUT2D eigenvalue weighted by atomic mass is 16.8. The van der Waals surface area contributed by atoms with E-state index < -0.39 is 166 Å². The quantitative estimate of drug-likeness (QED) is 0.148. The SMILES string of the molecule is COC[C@H]1O[C@@H]2O[C@H]3[C@H](OC)[C@@H](OC)[C@@H](O[C@H]4[C@H](OC)[C@@H](OC)[C@@H](O[C@H]5[C@H](OC)[C@@H](OC)[C@@H](O[C@H]6[C@H](OC)[C@@H](OC)[C@@H](O[C@H]7CC[C@H](OC7)O[C@H]1[C@H](OC)[C@H]2OC)O[C@@H]6COC)O[C@@H]5COC)O[C@@H]4COC)O[C@@H]3COC. The summed E-state index contributed by atoms with van der Waals surface area (Å²) in [5, 5.41) is 0. The van der Waals surface area contributed by atoms with Gasteiger partial charge in [0.2, 0.25) is 0 Å². The van der Waals surface area contributed by atoms with Gasteiger partial charge in [-0.25, -0.2) is 0 Å². The molecule has 22 rings (SSSR count).